The third-order valence-electron chi connectivity index (χ3n) is 5.51. The SMILES string of the molecule is CCOc1cc(C(=O)N2CCC[C@H]2c2nc(-c3ccccc3Cl)no2)cc(OCC)c1OCC. The molecule has 0 N–H and O–H groups in total. The zero-order valence-corrected chi connectivity index (χ0v) is 20.3. The lowest BCUT2D eigenvalue weighted by Crippen LogP contribution is -2.30. The average Bonchev–Trinajstić information content (AvgIpc) is 3.51. The van der Waals surface area contributed by atoms with Gasteiger partial charge in [0.15, 0.2) is 11.5 Å². The minimum absolute atomic E-state index is 0.162. The second-order valence-electron chi connectivity index (χ2n) is 7.69. The van der Waals surface area contributed by atoms with Crippen LogP contribution in [-0.2, 0) is 0 Å². The summed E-state index contributed by atoms with van der Waals surface area (Å²) in [4.78, 5) is 19.9. The third kappa shape index (κ3) is 4.82. The quantitative estimate of drug-likeness (QED) is 0.392. The molecule has 1 saturated heterocycles. The first kappa shape index (κ1) is 23.9. The van der Waals surface area contributed by atoms with E-state index in [1.165, 1.54) is 0 Å². The Morgan fingerprint density at radius 2 is 1.76 bits per heavy atom. The number of likely N-dealkylation sites (tertiary alicyclic amines) is 1. The Morgan fingerprint density at radius 1 is 1.09 bits per heavy atom. The number of benzene rings is 2. The molecule has 0 saturated carbocycles. The van der Waals surface area contributed by atoms with E-state index in [9.17, 15) is 4.79 Å². The van der Waals surface area contributed by atoms with Crippen LogP contribution in [0.5, 0.6) is 17.2 Å². The van der Waals surface area contributed by atoms with Crippen molar-refractivity contribution in [3.63, 3.8) is 0 Å². The number of hydrogen-bond acceptors (Lipinski definition) is 7. The van der Waals surface area contributed by atoms with Crippen LogP contribution in [0.2, 0.25) is 5.02 Å². The average molecular weight is 486 g/mol. The molecule has 1 amide bonds. The second kappa shape index (κ2) is 10.8. The minimum Gasteiger partial charge on any atom is -0.490 e. The van der Waals surface area contributed by atoms with E-state index in [1.54, 1.807) is 23.1 Å². The fraction of sp³-hybridized carbons (Fsp3) is 0.400. The molecule has 1 aliphatic rings. The zero-order valence-electron chi connectivity index (χ0n) is 19.5. The van der Waals surface area contributed by atoms with Crippen molar-refractivity contribution < 1.29 is 23.5 Å². The summed E-state index contributed by atoms with van der Waals surface area (Å²) >= 11 is 6.28. The van der Waals surface area contributed by atoms with E-state index in [1.807, 2.05) is 39.0 Å². The monoisotopic (exact) mass is 485 g/mol. The maximum atomic E-state index is 13.6. The van der Waals surface area contributed by atoms with Crippen LogP contribution in [0.1, 0.15) is 55.9 Å². The van der Waals surface area contributed by atoms with Crippen LogP contribution in [0.3, 0.4) is 0 Å². The number of carbonyl (C=O) groups is 1. The number of halogens is 1. The van der Waals surface area contributed by atoms with E-state index in [4.69, 9.17) is 30.3 Å². The van der Waals surface area contributed by atoms with Crippen LogP contribution in [0.15, 0.2) is 40.9 Å². The van der Waals surface area contributed by atoms with E-state index < -0.39 is 0 Å². The first-order chi connectivity index (χ1) is 16.6. The van der Waals surface area contributed by atoms with Crippen LogP contribution in [0.25, 0.3) is 11.4 Å². The maximum absolute atomic E-state index is 13.6. The predicted octanol–water partition coefficient (Wildman–Crippen LogP) is 5.56. The smallest absolute Gasteiger partial charge is 0.254 e. The first-order valence-electron chi connectivity index (χ1n) is 11.5. The van der Waals surface area contributed by atoms with Gasteiger partial charge in [-0.05, 0) is 57.9 Å². The number of aromatic nitrogens is 2. The van der Waals surface area contributed by atoms with E-state index in [0.29, 0.717) is 71.5 Å². The van der Waals surface area contributed by atoms with Crippen molar-refractivity contribution in [2.24, 2.45) is 0 Å². The molecule has 1 aromatic heterocycles. The summed E-state index contributed by atoms with van der Waals surface area (Å²) in [5, 5.41) is 4.64. The number of ether oxygens (including phenoxy) is 3. The fourth-order valence-corrected chi connectivity index (χ4v) is 4.29. The largest absolute Gasteiger partial charge is 0.490 e. The number of rotatable bonds is 9. The molecule has 34 heavy (non-hydrogen) atoms. The Hall–Kier alpha value is -3.26. The lowest BCUT2D eigenvalue weighted by molar-refractivity contribution is 0.0709. The number of amides is 1. The van der Waals surface area contributed by atoms with E-state index in [-0.39, 0.29) is 11.9 Å². The van der Waals surface area contributed by atoms with Gasteiger partial charge in [0, 0.05) is 17.7 Å². The van der Waals surface area contributed by atoms with Crippen molar-refractivity contribution in [1.82, 2.24) is 15.0 Å². The molecule has 9 heteroatoms. The summed E-state index contributed by atoms with van der Waals surface area (Å²) in [6.45, 7) is 7.55. The molecule has 2 aromatic carbocycles. The van der Waals surface area contributed by atoms with Crippen molar-refractivity contribution in [2.45, 2.75) is 39.7 Å². The molecule has 2 heterocycles. The molecule has 4 rings (SSSR count). The topological polar surface area (TPSA) is 86.9 Å². The molecule has 1 aliphatic heterocycles. The van der Waals surface area contributed by atoms with E-state index >= 15 is 0 Å². The van der Waals surface area contributed by atoms with Crippen molar-refractivity contribution in [3.8, 4) is 28.6 Å². The molecular weight excluding hydrogens is 458 g/mol. The number of nitrogens with zero attached hydrogens (tertiary/aromatic N) is 3. The van der Waals surface area contributed by atoms with Gasteiger partial charge in [-0.1, -0.05) is 28.9 Å². The van der Waals surface area contributed by atoms with Crippen molar-refractivity contribution in [1.29, 1.82) is 0 Å². The van der Waals surface area contributed by atoms with Gasteiger partial charge in [-0.2, -0.15) is 4.98 Å². The van der Waals surface area contributed by atoms with Crippen LogP contribution in [-0.4, -0.2) is 47.3 Å². The fourth-order valence-electron chi connectivity index (χ4n) is 4.07. The summed E-state index contributed by atoms with van der Waals surface area (Å²) < 4.78 is 22.9. The summed E-state index contributed by atoms with van der Waals surface area (Å²) in [5.41, 5.74) is 1.14. The molecule has 180 valence electrons. The second-order valence-corrected chi connectivity index (χ2v) is 8.10. The van der Waals surface area contributed by atoms with Gasteiger partial charge in [0.25, 0.3) is 5.91 Å². The van der Waals surface area contributed by atoms with Crippen LogP contribution < -0.4 is 14.2 Å². The Morgan fingerprint density at radius 3 is 2.41 bits per heavy atom. The van der Waals surface area contributed by atoms with Crippen molar-refractivity contribution >= 4 is 17.5 Å². The number of hydrogen-bond donors (Lipinski definition) is 0. The Balaban J connectivity index is 1.64. The van der Waals surface area contributed by atoms with Crippen LogP contribution in [0.4, 0.5) is 0 Å². The highest BCUT2D eigenvalue weighted by atomic mass is 35.5. The molecule has 0 aliphatic carbocycles. The predicted molar refractivity (Wildman–Crippen MR) is 128 cm³/mol. The molecule has 0 spiro atoms. The Labute approximate surface area is 203 Å². The van der Waals surface area contributed by atoms with Crippen molar-refractivity contribution in [2.75, 3.05) is 26.4 Å². The molecule has 0 bridgehead atoms. The summed E-state index contributed by atoms with van der Waals surface area (Å²) in [6.07, 6.45) is 1.55. The van der Waals surface area contributed by atoms with Crippen LogP contribution >= 0.6 is 11.6 Å². The molecule has 1 atom stereocenters. The van der Waals surface area contributed by atoms with Gasteiger partial charge in [-0.25, -0.2) is 0 Å². The van der Waals surface area contributed by atoms with Gasteiger partial charge in [0.2, 0.25) is 17.5 Å². The van der Waals surface area contributed by atoms with Gasteiger partial charge < -0.3 is 23.6 Å². The lowest BCUT2D eigenvalue weighted by Gasteiger charge is -2.23. The molecular formula is C25H28ClN3O5. The highest BCUT2D eigenvalue weighted by molar-refractivity contribution is 6.33. The third-order valence-corrected chi connectivity index (χ3v) is 5.84. The Bertz CT molecular complexity index is 1120. The van der Waals surface area contributed by atoms with Crippen LogP contribution in [0, 0.1) is 0 Å². The Kier molecular flexibility index (Phi) is 7.57. The standard InChI is InChI=1S/C25H28ClN3O5/c1-4-31-20-14-16(15-21(32-5-2)22(20)33-6-3)25(30)29-13-9-12-19(29)24-27-23(28-34-24)17-10-7-8-11-18(17)26/h7-8,10-11,14-15,19H,4-6,9,12-13H2,1-3H3/t19-/m0/s1. The van der Waals surface area contributed by atoms with E-state index in [2.05, 4.69) is 10.1 Å². The van der Waals surface area contributed by atoms with E-state index in [0.717, 1.165) is 12.8 Å². The lowest BCUT2D eigenvalue weighted by atomic mass is 10.1. The minimum atomic E-state index is -0.325. The van der Waals surface area contributed by atoms with Gasteiger partial charge >= 0.3 is 0 Å². The zero-order chi connectivity index (χ0) is 24.1. The van der Waals surface area contributed by atoms with Gasteiger partial charge in [0.1, 0.15) is 6.04 Å². The molecule has 3 aromatic rings. The van der Waals surface area contributed by atoms with Gasteiger partial charge in [0.05, 0.1) is 24.8 Å². The number of carbonyl (C=O) groups excluding carboxylic acids is 1. The van der Waals surface area contributed by atoms with Gasteiger partial charge in [-0.3, -0.25) is 4.79 Å². The van der Waals surface area contributed by atoms with Crippen molar-refractivity contribution in [3.05, 3.63) is 52.9 Å². The molecule has 1 fully saturated rings. The normalized spacial score (nSPS) is 15.4. The highest BCUT2D eigenvalue weighted by Crippen LogP contribution is 2.41. The summed E-state index contributed by atoms with van der Waals surface area (Å²) in [6, 6.07) is 10.4. The first-order valence-corrected chi connectivity index (χ1v) is 11.9. The summed E-state index contributed by atoms with van der Waals surface area (Å²) in [7, 11) is 0. The van der Waals surface area contributed by atoms with Gasteiger partial charge in [-0.15, -0.1) is 0 Å². The molecule has 0 radical (unpaired) electrons. The maximum Gasteiger partial charge on any atom is 0.254 e. The highest BCUT2D eigenvalue weighted by Gasteiger charge is 2.35. The summed E-state index contributed by atoms with van der Waals surface area (Å²) in [5.74, 6) is 2.09. The molecule has 0 unspecified atom stereocenters. The molecule has 8 nitrogen and oxygen atoms in total.